The van der Waals surface area contributed by atoms with Gasteiger partial charge in [0.05, 0.1) is 4.92 Å². The number of non-ortho nitro benzene ring substituents is 1. The Labute approximate surface area is 99.0 Å². The highest BCUT2D eigenvalue weighted by atomic mass is 16.6. The average molecular weight is 234 g/mol. The van der Waals surface area contributed by atoms with E-state index in [9.17, 15) is 14.9 Å². The van der Waals surface area contributed by atoms with Crippen LogP contribution in [-0.4, -0.2) is 23.8 Å². The summed E-state index contributed by atoms with van der Waals surface area (Å²) in [7, 11) is 1.83. The van der Waals surface area contributed by atoms with E-state index in [0.717, 1.165) is 18.4 Å². The van der Waals surface area contributed by atoms with E-state index < -0.39 is 4.92 Å². The van der Waals surface area contributed by atoms with Crippen LogP contribution >= 0.6 is 0 Å². The molecule has 1 aliphatic carbocycles. The van der Waals surface area contributed by atoms with Crippen molar-refractivity contribution >= 4 is 11.5 Å². The second kappa shape index (κ2) is 4.63. The Bertz CT molecular complexity index is 471. The molecule has 1 N–H and O–H groups in total. The van der Waals surface area contributed by atoms with E-state index in [1.807, 2.05) is 7.05 Å². The van der Waals surface area contributed by atoms with Gasteiger partial charge in [0.25, 0.3) is 5.69 Å². The van der Waals surface area contributed by atoms with Crippen LogP contribution in [0.25, 0.3) is 0 Å². The van der Waals surface area contributed by atoms with Crippen molar-refractivity contribution in [2.75, 3.05) is 7.05 Å². The lowest BCUT2D eigenvalue weighted by Gasteiger charge is -2.10. The van der Waals surface area contributed by atoms with Gasteiger partial charge in [-0.25, -0.2) is 0 Å². The summed E-state index contributed by atoms with van der Waals surface area (Å²) in [5.74, 6) is -0.0134. The minimum Gasteiger partial charge on any atom is -0.317 e. The zero-order valence-corrected chi connectivity index (χ0v) is 9.60. The molecule has 0 amide bonds. The van der Waals surface area contributed by atoms with Crippen molar-refractivity contribution in [3.63, 3.8) is 0 Å². The summed E-state index contributed by atoms with van der Waals surface area (Å²) in [6.07, 6.45) is 2.07. The van der Waals surface area contributed by atoms with Crippen LogP contribution in [0.1, 0.15) is 28.8 Å². The number of carbonyl (C=O) groups is 1. The second-order valence-electron chi connectivity index (χ2n) is 4.25. The topological polar surface area (TPSA) is 72.2 Å². The first kappa shape index (κ1) is 11.7. The molecule has 1 aliphatic rings. The maximum atomic E-state index is 12.0. The number of ketones is 1. The molecule has 5 heteroatoms. The van der Waals surface area contributed by atoms with Crippen LogP contribution in [0.4, 0.5) is 5.69 Å². The fourth-order valence-electron chi connectivity index (χ4n) is 2.17. The third kappa shape index (κ3) is 2.34. The van der Waals surface area contributed by atoms with E-state index in [2.05, 4.69) is 5.32 Å². The largest absolute Gasteiger partial charge is 0.317 e. The number of Topliss-reactive ketones (excluding diaryl/α,β-unsaturated/α-hetero) is 1. The van der Waals surface area contributed by atoms with Gasteiger partial charge in [-0.3, -0.25) is 14.9 Å². The number of nitrogens with one attached hydrogen (secondary N) is 1. The van der Waals surface area contributed by atoms with Crippen LogP contribution in [0.15, 0.2) is 18.2 Å². The van der Waals surface area contributed by atoms with Gasteiger partial charge in [-0.2, -0.15) is 0 Å². The minimum atomic E-state index is -0.464. The van der Waals surface area contributed by atoms with E-state index in [1.165, 1.54) is 12.1 Å². The van der Waals surface area contributed by atoms with E-state index in [0.29, 0.717) is 12.0 Å². The molecule has 0 radical (unpaired) electrons. The Hall–Kier alpha value is -1.75. The van der Waals surface area contributed by atoms with Crippen LogP contribution < -0.4 is 5.32 Å². The fraction of sp³-hybridized carbons (Fsp3) is 0.417. The predicted octanol–water partition coefficient (Wildman–Crippen LogP) is 1.70. The van der Waals surface area contributed by atoms with Crippen LogP contribution in [0, 0.1) is 10.1 Å². The van der Waals surface area contributed by atoms with E-state index in [1.54, 1.807) is 6.07 Å². The Kier molecular flexibility index (Phi) is 3.19. The first-order chi connectivity index (χ1) is 8.11. The number of aryl methyl sites for hydroxylation is 1. The van der Waals surface area contributed by atoms with Crippen molar-refractivity contribution in [3.8, 4) is 0 Å². The van der Waals surface area contributed by atoms with Crippen molar-refractivity contribution in [1.82, 2.24) is 5.32 Å². The molecule has 17 heavy (non-hydrogen) atoms. The molecular weight excluding hydrogens is 220 g/mol. The monoisotopic (exact) mass is 234 g/mol. The third-order valence-corrected chi connectivity index (χ3v) is 3.21. The maximum absolute atomic E-state index is 12.0. The number of fused-ring (bicyclic) bond motifs is 1. The zero-order chi connectivity index (χ0) is 12.4. The number of nitro groups is 1. The molecule has 0 fully saturated rings. The molecule has 0 spiro atoms. The molecule has 1 unspecified atom stereocenters. The summed E-state index contributed by atoms with van der Waals surface area (Å²) in [5.41, 5.74) is 1.41. The number of rotatable bonds is 2. The van der Waals surface area contributed by atoms with Gasteiger partial charge in [0.1, 0.15) is 0 Å². The SMILES string of the molecule is CNC1CCc2ccc([N+](=O)[O-])cc2C(=O)C1. The highest BCUT2D eigenvalue weighted by Crippen LogP contribution is 2.24. The molecule has 0 saturated carbocycles. The Balaban J connectivity index is 2.38. The quantitative estimate of drug-likeness (QED) is 0.480. The molecule has 0 bridgehead atoms. The lowest BCUT2D eigenvalue weighted by molar-refractivity contribution is -0.384. The number of nitrogens with zero attached hydrogens (tertiary/aromatic N) is 1. The first-order valence-electron chi connectivity index (χ1n) is 5.59. The molecule has 2 rings (SSSR count). The molecule has 5 nitrogen and oxygen atoms in total. The summed E-state index contributed by atoms with van der Waals surface area (Å²) in [4.78, 5) is 22.2. The fourth-order valence-corrected chi connectivity index (χ4v) is 2.17. The highest BCUT2D eigenvalue weighted by molar-refractivity contribution is 5.98. The van der Waals surface area contributed by atoms with Gasteiger partial charge in [0.2, 0.25) is 0 Å². The van der Waals surface area contributed by atoms with Gasteiger partial charge < -0.3 is 5.32 Å². The van der Waals surface area contributed by atoms with Crippen molar-refractivity contribution in [2.24, 2.45) is 0 Å². The predicted molar refractivity (Wildman–Crippen MR) is 63.2 cm³/mol. The summed E-state index contributed by atoms with van der Waals surface area (Å²) >= 11 is 0. The molecule has 0 aliphatic heterocycles. The number of hydrogen-bond donors (Lipinski definition) is 1. The standard InChI is InChI=1S/C12H14N2O3/c1-13-9-4-2-8-3-5-10(14(16)17)7-11(8)12(15)6-9/h3,5,7,9,13H,2,4,6H2,1H3. The van der Waals surface area contributed by atoms with Gasteiger partial charge in [-0.1, -0.05) is 6.07 Å². The molecule has 1 aromatic carbocycles. The van der Waals surface area contributed by atoms with Gasteiger partial charge in [0.15, 0.2) is 5.78 Å². The van der Waals surface area contributed by atoms with E-state index in [4.69, 9.17) is 0 Å². The van der Waals surface area contributed by atoms with E-state index >= 15 is 0 Å². The van der Waals surface area contributed by atoms with Crippen LogP contribution in [0.2, 0.25) is 0 Å². The van der Waals surface area contributed by atoms with Crippen molar-refractivity contribution in [2.45, 2.75) is 25.3 Å². The Morgan fingerprint density at radius 2 is 2.24 bits per heavy atom. The van der Waals surface area contributed by atoms with Crippen molar-refractivity contribution < 1.29 is 9.72 Å². The lowest BCUT2D eigenvalue weighted by Crippen LogP contribution is -2.26. The normalized spacial score (nSPS) is 19.6. The average Bonchev–Trinajstić information content (AvgIpc) is 2.48. The van der Waals surface area contributed by atoms with Crippen LogP contribution in [0.3, 0.4) is 0 Å². The van der Waals surface area contributed by atoms with Gasteiger partial charge in [-0.05, 0) is 25.5 Å². The summed E-state index contributed by atoms with van der Waals surface area (Å²) in [6.45, 7) is 0. The van der Waals surface area contributed by atoms with Crippen molar-refractivity contribution in [1.29, 1.82) is 0 Å². The third-order valence-electron chi connectivity index (χ3n) is 3.21. The van der Waals surface area contributed by atoms with Gasteiger partial charge in [-0.15, -0.1) is 0 Å². The van der Waals surface area contributed by atoms with E-state index in [-0.39, 0.29) is 17.5 Å². The molecule has 90 valence electrons. The van der Waals surface area contributed by atoms with Crippen LogP contribution in [-0.2, 0) is 6.42 Å². The molecule has 0 aromatic heterocycles. The summed E-state index contributed by atoms with van der Waals surface area (Å²) in [6, 6.07) is 4.72. The molecular formula is C12H14N2O3. The van der Waals surface area contributed by atoms with Crippen LogP contribution in [0.5, 0.6) is 0 Å². The summed E-state index contributed by atoms with van der Waals surface area (Å²) < 4.78 is 0. The van der Waals surface area contributed by atoms with Gasteiger partial charge in [0, 0.05) is 30.2 Å². The molecule has 1 aromatic rings. The summed E-state index contributed by atoms with van der Waals surface area (Å²) in [5, 5.41) is 13.8. The number of hydrogen-bond acceptors (Lipinski definition) is 4. The maximum Gasteiger partial charge on any atom is 0.270 e. The lowest BCUT2D eigenvalue weighted by atomic mass is 10.0. The zero-order valence-electron chi connectivity index (χ0n) is 9.60. The van der Waals surface area contributed by atoms with Gasteiger partial charge >= 0.3 is 0 Å². The molecule has 0 saturated heterocycles. The molecule has 1 atom stereocenters. The molecule has 0 heterocycles. The van der Waals surface area contributed by atoms with Crippen molar-refractivity contribution in [3.05, 3.63) is 39.4 Å². The Morgan fingerprint density at radius 1 is 1.47 bits per heavy atom. The minimum absolute atomic E-state index is 0.0134. The number of carbonyl (C=O) groups excluding carboxylic acids is 1. The first-order valence-corrected chi connectivity index (χ1v) is 5.59. The second-order valence-corrected chi connectivity index (χ2v) is 4.25. The smallest absolute Gasteiger partial charge is 0.270 e. The Morgan fingerprint density at radius 3 is 2.88 bits per heavy atom. The highest BCUT2D eigenvalue weighted by Gasteiger charge is 2.23. The number of benzene rings is 1. The number of nitro benzene ring substituents is 1.